The summed E-state index contributed by atoms with van der Waals surface area (Å²) in [4.78, 5) is 28.5. The van der Waals surface area contributed by atoms with Crippen molar-refractivity contribution in [2.45, 2.75) is 0 Å². The third-order valence-electron chi connectivity index (χ3n) is 9.85. The van der Waals surface area contributed by atoms with Crippen molar-refractivity contribution in [3.05, 3.63) is 217 Å². The van der Waals surface area contributed by atoms with Crippen molar-refractivity contribution < 1.29 is 28.5 Å². The van der Waals surface area contributed by atoms with Crippen LogP contribution in [0.3, 0.4) is 0 Å². The maximum Gasteiger partial charge on any atom is 0.343 e. The Morgan fingerprint density at radius 2 is 0.650 bits per heavy atom. The second kappa shape index (κ2) is 18.8. The summed E-state index contributed by atoms with van der Waals surface area (Å²) in [5, 5.41) is 6.24. The standard InChI is InChI=1S/C52H40O6P2/c1-55-39-33-29-37(30-34-39)51(53)57-45-25-15-27-47(59(41-17-7-3-8-18-41)42-19-9-4-10-20-42)49(45)50-46(58-52(54)38-31-35-40(56-2)36-32-38)26-16-28-48(50)60(43-21-11-5-12-22-43)44-23-13-6-14-24-44/h3-36H,1-2H3. The molecule has 0 aliphatic carbocycles. The van der Waals surface area contributed by atoms with Gasteiger partial charge in [0, 0.05) is 11.1 Å². The van der Waals surface area contributed by atoms with Crippen molar-refractivity contribution in [2.24, 2.45) is 0 Å². The highest BCUT2D eigenvalue weighted by atomic mass is 31.1. The smallest absolute Gasteiger partial charge is 0.343 e. The van der Waals surface area contributed by atoms with E-state index in [0.29, 0.717) is 45.3 Å². The number of hydrogen-bond acceptors (Lipinski definition) is 6. The van der Waals surface area contributed by atoms with Crippen molar-refractivity contribution >= 4 is 59.6 Å². The molecule has 0 atom stereocenters. The first kappa shape index (κ1) is 40.0. The van der Waals surface area contributed by atoms with Gasteiger partial charge in [-0.05, 0) is 108 Å². The molecule has 0 bridgehead atoms. The van der Waals surface area contributed by atoms with E-state index in [1.807, 2.05) is 97.1 Å². The Kier molecular flexibility index (Phi) is 12.5. The molecule has 8 aromatic rings. The van der Waals surface area contributed by atoms with Crippen LogP contribution in [0.5, 0.6) is 23.0 Å². The van der Waals surface area contributed by atoms with Crippen LogP contribution in [-0.2, 0) is 0 Å². The molecule has 0 spiro atoms. The van der Waals surface area contributed by atoms with E-state index in [4.69, 9.17) is 18.9 Å². The zero-order valence-electron chi connectivity index (χ0n) is 33.0. The second-order valence-corrected chi connectivity index (χ2v) is 17.9. The van der Waals surface area contributed by atoms with E-state index < -0.39 is 27.8 Å². The van der Waals surface area contributed by atoms with Crippen LogP contribution in [0.15, 0.2) is 206 Å². The minimum atomic E-state index is -1.27. The molecule has 294 valence electrons. The Bertz CT molecular complexity index is 2420. The molecule has 0 amide bonds. The van der Waals surface area contributed by atoms with Crippen molar-refractivity contribution in [1.29, 1.82) is 0 Å². The Hall–Kier alpha value is -6.84. The number of carbonyl (C=O) groups excluding carboxylic acids is 2. The predicted octanol–water partition coefficient (Wildman–Crippen LogP) is 9.33. The van der Waals surface area contributed by atoms with Gasteiger partial charge in [0.2, 0.25) is 0 Å². The number of esters is 2. The molecule has 0 unspecified atom stereocenters. The van der Waals surface area contributed by atoms with Gasteiger partial charge in [0.05, 0.1) is 25.3 Å². The van der Waals surface area contributed by atoms with Crippen LogP contribution in [0.2, 0.25) is 0 Å². The first-order valence-corrected chi connectivity index (χ1v) is 22.0. The number of methoxy groups -OCH3 is 2. The van der Waals surface area contributed by atoms with Gasteiger partial charge in [-0.3, -0.25) is 0 Å². The van der Waals surface area contributed by atoms with Gasteiger partial charge in [-0.2, -0.15) is 0 Å². The quantitative estimate of drug-likeness (QED) is 0.0657. The minimum absolute atomic E-state index is 0.331. The summed E-state index contributed by atoms with van der Waals surface area (Å²) in [5.74, 6) is 0.830. The molecule has 8 aromatic carbocycles. The van der Waals surface area contributed by atoms with Crippen LogP contribution in [0.25, 0.3) is 11.1 Å². The third kappa shape index (κ3) is 8.77. The zero-order chi connectivity index (χ0) is 41.3. The first-order chi connectivity index (χ1) is 29.5. The van der Waals surface area contributed by atoms with Crippen LogP contribution in [0, 0.1) is 0 Å². The van der Waals surface area contributed by atoms with E-state index in [9.17, 15) is 9.59 Å². The molecule has 0 N–H and O–H groups in total. The Balaban J connectivity index is 1.43. The second-order valence-electron chi connectivity index (χ2n) is 13.5. The van der Waals surface area contributed by atoms with Gasteiger partial charge in [-0.25, -0.2) is 9.59 Å². The molecular formula is C52H40O6P2. The summed E-state index contributed by atoms with van der Waals surface area (Å²) in [6.45, 7) is 0. The molecule has 0 saturated carbocycles. The summed E-state index contributed by atoms with van der Waals surface area (Å²) < 4.78 is 23.8. The molecule has 0 fully saturated rings. The summed E-state index contributed by atoms with van der Waals surface area (Å²) in [7, 11) is 0.625. The van der Waals surface area contributed by atoms with Gasteiger partial charge >= 0.3 is 11.9 Å². The Morgan fingerprint density at radius 1 is 0.350 bits per heavy atom. The first-order valence-electron chi connectivity index (χ1n) is 19.3. The SMILES string of the molecule is COc1ccc(C(=O)Oc2cccc(P(c3ccccc3)c3ccccc3)c2-c2c(OC(=O)c3ccc(OC)cc3)cccc2P(c2ccccc2)c2ccccc2)cc1. The van der Waals surface area contributed by atoms with Gasteiger partial charge in [0.1, 0.15) is 23.0 Å². The lowest BCUT2D eigenvalue weighted by atomic mass is 10.0. The van der Waals surface area contributed by atoms with Gasteiger partial charge in [0.25, 0.3) is 0 Å². The fourth-order valence-corrected chi connectivity index (χ4v) is 12.0. The third-order valence-corrected chi connectivity index (χ3v) is 14.8. The summed E-state index contributed by atoms with van der Waals surface area (Å²) in [6.07, 6.45) is 0. The van der Waals surface area contributed by atoms with Crippen LogP contribution < -0.4 is 50.8 Å². The van der Waals surface area contributed by atoms with Crippen LogP contribution in [0.4, 0.5) is 0 Å². The molecule has 0 aliphatic heterocycles. The van der Waals surface area contributed by atoms with Crippen molar-refractivity contribution in [3.8, 4) is 34.1 Å². The molecule has 0 aliphatic rings. The summed E-state index contributed by atoms with van der Waals surface area (Å²) in [6, 6.07) is 66.8. The van der Waals surface area contributed by atoms with Gasteiger partial charge in [-0.1, -0.05) is 146 Å². The Labute approximate surface area is 352 Å². The number of ether oxygens (including phenoxy) is 4. The van der Waals surface area contributed by atoms with Crippen molar-refractivity contribution in [2.75, 3.05) is 14.2 Å². The van der Waals surface area contributed by atoms with E-state index in [-0.39, 0.29) is 0 Å². The molecule has 0 heterocycles. The monoisotopic (exact) mass is 822 g/mol. The maximum absolute atomic E-state index is 14.2. The van der Waals surface area contributed by atoms with Crippen LogP contribution in [0.1, 0.15) is 20.7 Å². The fraction of sp³-hybridized carbons (Fsp3) is 0.0385. The largest absolute Gasteiger partial charge is 0.497 e. The highest BCUT2D eigenvalue weighted by Crippen LogP contribution is 2.47. The highest BCUT2D eigenvalue weighted by molar-refractivity contribution is 7.80. The molecule has 60 heavy (non-hydrogen) atoms. The minimum Gasteiger partial charge on any atom is -0.497 e. The van der Waals surface area contributed by atoms with E-state index in [2.05, 4.69) is 60.7 Å². The lowest BCUT2D eigenvalue weighted by molar-refractivity contribution is 0.0723. The summed E-state index contributed by atoms with van der Waals surface area (Å²) in [5.41, 5.74) is 2.03. The molecule has 8 rings (SSSR count). The lowest BCUT2D eigenvalue weighted by Crippen LogP contribution is -2.27. The topological polar surface area (TPSA) is 71.1 Å². The molecule has 0 radical (unpaired) electrons. The Morgan fingerprint density at radius 3 is 0.933 bits per heavy atom. The lowest BCUT2D eigenvalue weighted by Gasteiger charge is -2.28. The predicted molar refractivity (Wildman–Crippen MR) is 245 cm³/mol. The normalized spacial score (nSPS) is 10.9. The van der Waals surface area contributed by atoms with Crippen LogP contribution >= 0.6 is 15.8 Å². The zero-order valence-corrected chi connectivity index (χ0v) is 34.8. The van der Waals surface area contributed by atoms with E-state index >= 15 is 0 Å². The molecule has 6 nitrogen and oxygen atoms in total. The molecular weight excluding hydrogens is 783 g/mol. The van der Waals surface area contributed by atoms with Crippen molar-refractivity contribution in [3.63, 3.8) is 0 Å². The average molecular weight is 823 g/mol. The van der Waals surface area contributed by atoms with Crippen molar-refractivity contribution in [1.82, 2.24) is 0 Å². The number of benzene rings is 8. The molecule has 0 saturated heterocycles. The van der Waals surface area contributed by atoms with E-state index in [0.717, 1.165) is 31.8 Å². The highest BCUT2D eigenvalue weighted by Gasteiger charge is 2.31. The number of rotatable bonds is 13. The average Bonchev–Trinajstić information content (AvgIpc) is 3.31. The van der Waals surface area contributed by atoms with Gasteiger partial charge < -0.3 is 18.9 Å². The van der Waals surface area contributed by atoms with E-state index in [1.165, 1.54) is 0 Å². The molecule has 0 aromatic heterocycles. The summed E-state index contributed by atoms with van der Waals surface area (Å²) >= 11 is 0. The number of carbonyl (C=O) groups is 2. The fourth-order valence-electron chi connectivity index (χ4n) is 7.02. The van der Waals surface area contributed by atoms with Gasteiger partial charge in [-0.15, -0.1) is 0 Å². The molecule has 8 heteroatoms. The number of hydrogen-bond donors (Lipinski definition) is 0. The maximum atomic E-state index is 14.2. The van der Waals surface area contributed by atoms with E-state index in [1.54, 1.807) is 62.8 Å². The van der Waals surface area contributed by atoms with Gasteiger partial charge in [0.15, 0.2) is 0 Å². The van der Waals surface area contributed by atoms with Crippen LogP contribution in [-0.4, -0.2) is 26.2 Å².